The second kappa shape index (κ2) is 13.2. The Morgan fingerprint density at radius 1 is 0.606 bits per heavy atom. The molecule has 2 aromatic carbocycles. The first-order chi connectivity index (χ1) is 16.3. The van der Waals surface area contributed by atoms with E-state index in [1.165, 1.54) is 24.1 Å². The Kier molecular flexibility index (Phi) is 9.75. The molecule has 1 N–H and O–H groups in total. The molecule has 2 fully saturated rings. The Labute approximate surface area is 200 Å². The zero-order valence-electron chi connectivity index (χ0n) is 20.2. The van der Waals surface area contributed by atoms with Crippen molar-refractivity contribution in [2.45, 2.75) is 25.9 Å². The van der Waals surface area contributed by atoms with E-state index in [2.05, 4.69) is 80.3 Å². The van der Waals surface area contributed by atoms with Crippen LogP contribution in [0.15, 0.2) is 60.7 Å². The third kappa shape index (κ3) is 8.20. The molecule has 0 aliphatic carbocycles. The fraction of sp³-hybridized carbons (Fsp3) is 0.571. The van der Waals surface area contributed by atoms with E-state index in [9.17, 15) is 5.11 Å². The predicted molar refractivity (Wildman–Crippen MR) is 136 cm³/mol. The monoisotopic (exact) mass is 450 g/mol. The van der Waals surface area contributed by atoms with Crippen molar-refractivity contribution in [1.82, 2.24) is 19.6 Å². The highest BCUT2D eigenvalue weighted by Crippen LogP contribution is 2.16. The van der Waals surface area contributed by atoms with E-state index < -0.39 is 0 Å². The summed E-state index contributed by atoms with van der Waals surface area (Å²) in [7, 11) is 0. The maximum Gasteiger partial charge on any atom is 0.0434 e. The number of hydrogen-bond acceptors (Lipinski definition) is 5. The average Bonchev–Trinajstić information content (AvgIpc) is 2.84. The van der Waals surface area contributed by atoms with Crippen molar-refractivity contribution in [3.8, 4) is 0 Å². The van der Waals surface area contributed by atoms with E-state index in [1.807, 2.05) is 0 Å². The van der Waals surface area contributed by atoms with Crippen LogP contribution in [0, 0.1) is 5.92 Å². The van der Waals surface area contributed by atoms with Gasteiger partial charge in [-0.15, -0.1) is 0 Å². The van der Waals surface area contributed by atoms with E-state index in [4.69, 9.17) is 0 Å². The van der Waals surface area contributed by atoms with E-state index >= 15 is 0 Å². The van der Waals surface area contributed by atoms with Crippen molar-refractivity contribution < 1.29 is 5.11 Å². The summed E-state index contributed by atoms with van der Waals surface area (Å²) in [5.74, 6) is 0.510. The van der Waals surface area contributed by atoms with Crippen molar-refractivity contribution in [1.29, 1.82) is 0 Å². The smallest absolute Gasteiger partial charge is 0.0434 e. The fourth-order valence-corrected chi connectivity index (χ4v) is 5.34. The summed E-state index contributed by atoms with van der Waals surface area (Å²) in [6, 6.07) is 21.8. The van der Waals surface area contributed by atoms with Crippen molar-refractivity contribution in [3.63, 3.8) is 0 Å². The van der Waals surface area contributed by atoms with Gasteiger partial charge in [0.25, 0.3) is 0 Å². The molecule has 2 aliphatic rings. The minimum atomic E-state index is 0.282. The number of aliphatic hydroxyl groups excluding tert-OH is 1. The predicted octanol–water partition coefficient (Wildman–Crippen LogP) is 3.01. The number of hydrogen-bond donors (Lipinski definition) is 1. The van der Waals surface area contributed by atoms with Crippen LogP contribution in [-0.2, 0) is 13.1 Å². The Hall–Kier alpha value is -1.76. The molecule has 3 atom stereocenters. The highest BCUT2D eigenvalue weighted by molar-refractivity contribution is 5.15. The summed E-state index contributed by atoms with van der Waals surface area (Å²) in [6.07, 6.45) is 2.12. The molecule has 4 rings (SSSR count). The molecule has 0 amide bonds. The molecule has 0 radical (unpaired) electrons. The Bertz CT molecular complexity index is 787. The standard InChI is InChI=1S/C28H42N4O/c33-21-12-28-24-31-17-15-29(16-20-32(25-28)23-27-10-5-2-6-11-27)13-7-14-30(18-19-31)22-26-8-3-1-4-9-26/h1-6,8-11,28,33H,7,12-25H2/t28-/m0/s1. The van der Waals surface area contributed by atoms with Crippen molar-refractivity contribution in [2.75, 3.05) is 72.1 Å². The number of nitrogens with zero attached hydrogens (tertiary/aromatic N) is 4. The summed E-state index contributed by atoms with van der Waals surface area (Å²) in [5.41, 5.74) is 2.80. The average molecular weight is 451 g/mol. The van der Waals surface area contributed by atoms with Crippen LogP contribution in [0.4, 0.5) is 0 Å². The molecular formula is C28H42N4O. The molecule has 5 heteroatoms. The van der Waals surface area contributed by atoms with Crippen LogP contribution in [0.2, 0.25) is 0 Å². The number of rotatable bonds is 6. The van der Waals surface area contributed by atoms with Gasteiger partial charge in [-0.25, -0.2) is 0 Å². The van der Waals surface area contributed by atoms with Gasteiger partial charge in [0.15, 0.2) is 0 Å². The Morgan fingerprint density at radius 3 is 1.88 bits per heavy atom. The van der Waals surface area contributed by atoms with E-state index in [0.717, 1.165) is 78.4 Å². The quantitative estimate of drug-likeness (QED) is 0.732. The highest BCUT2D eigenvalue weighted by atomic mass is 16.3. The topological polar surface area (TPSA) is 33.2 Å². The van der Waals surface area contributed by atoms with Crippen LogP contribution < -0.4 is 0 Å². The van der Waals surface area contributed by atoms with Gasteiger partial charge in [-0.1, -0.05) is 60.7 Å². The number of benzene rings is 2. The van der Waals surface area contributed by atoms with Gasteiger partial charge >= 0.3 is 0 Å². The molecule has 2 unspecified atom stereocenters. The van der Waals surface area contributed by atoms with Crippen LogP contribution in [0.1, 0.15) is 24.0 Å². The van der Waals surface area contributed by atoms with Crippen LogP contribution >= 0.6 is 0 Å². The van der Waals surface area contributed by atoms with Gasteiger partial charge in [0.2, 0.25) is 0 Å². The molecular weight excluding hydrogens is 408 g/mol. The fourth-order valence-electron chi connectivity index (χ4n) is 5.34. The summed E-state index contributed by atoms with van der Waals surface area (Å²) in [4.78, 5) is 10.6. The van der Waals surface area contributed by atoms with E-state index in [0.29, 0.717) is 5.92 Å². The minimum Gasteiger partial charge on any atom is -0.396 e. The van der Waals surface area contributed by atoms with Crippen LogP contribution in [0.3, 0.4) is 0 Å². The first-order valence-corrected chi connectivity index (χ1v) is 12.9. The lowest BCUT2D eigenvalue weighted by molar-refractivity contribution is 0.0862. The number of aliphatic hydroxyl groups is 1. The van der Waals surface area contributed by atoms with Crippen LogP contribution in [-0.4, -0.2) is 96.8 Å². The molecule has 0 saturated carbocycles. The molecule has 180 valence electrons. The molecule has 2 bridgehead atoms. The lowest BCUT2D eigenvalue weighted by Crippen LogP contribution is -2.49. The van der Waals surface area contributed by atoms with E-state index in [1.54, 1.807) is 0 Å². The molecule has 0 aromatic heterocycles. The second-order valence-corrected chi connectivity index (χ2v) is 9.86. The summed E-state index contributed by atoms with van der Waals surface area (Å²) in [6.45, 7) is 13.6. The molecule has 5 nitrogen and oxygen atoms in total. The van der Waals surface area contributed by atoms with Crippen LogP contribution in [0.5, 0.6) is 0 Å². The molecule has 2 aromatic rings. The normalized spacial score (nSPS) is 26.2. The lowest BCUT2D eigenvalue weighted by atomic mass is 10.0. The minimum absolute atomic E-state index is 0.282. The van der Waals surface area contributed by atoms with Gasteiger partial charge in [-0.2, -0.15) is 0 Å². The maximum atomic E-state index is 9.79. The second-order valence-electron chi connectivity index (χ2n) is 9.86. The van der Waals surface area contributed by atoms with Gasteiger partial charge in [-0.05, 0) is 43.0 Å². The van der Waals surface area contributed by atoms with Gasteiger partial charge in [0.05, 0.1) is 0 Å². The van der Waals surface area contributed by atoms with Gasteiger partial charge in [0, 0.05) is 72.1 Å². The van der Waals surface area contributed by atoms with Crippen molar-refractivity contribution in [3.05, 3.63) is 71.8 Å². The molecule has 2 saturated heterocycles. The number of fused-ring (bicyclic) bond motifs is 3. The van der Waals surface area contributed by atoms with Gasteiger partial charge in [0.1, 0.15) is 0 Å². The van der Waals surface area contributed by atoms with Gasteiger partial charge < -0.3 is 14.9 Å². The zero-order valence-corrected chi connectivity index (χ0v) is 20.2. The van der Waals surface area contributed by atoms with E-state index in [-0.39, 0.29) is 6.61 Å². The molecule has 2 heterocycles. The molecule has 33 heavy (non-hydrogen) atoms. The van der Waals surface area contributed by atoms with Crippen LogP contribution in [0.25, 0.3) is 0 Å². The first-order valence-electron chi connectivity index (χ1n) is 12.9. The Balaban J connectivity index is 1.44. The summed E-state index contributed by atoms with van der Waals surface area (Å²) < 4.78 is 0. The third-order valence-corrected chi connectivity index (χ3v) is 7.21. The molecule has 0 spiro atoms. The SMILES string of the molecule is OCC[C@H]1CN2CCN(CCCN(Cc3ccccc3)CC2)CCN(Cc2ccccc2)C1. The molecule has 2 aliphatic heterocycles. The first kappa shape index (κ1) is 24.4. The Morgan fingerprint density at radius 2 is 1.18 bits per heavy atom. The lowest BCUT2D eigenvalue weighted by Gasteiger charge is -2.38. The maximum absolute atomic E-state index is 9.79. The highest BCUT2D eigenvalue weighted by Gasteiger charge is 2.23. The largest absolute Gasteiger partial charge is 0.396 e. The van der Waals surface area contributed by atoms with Crippen molar-refractivity contribution in [2.24, 2.45) is 5.92 Å². The zero-order chi connectivity index (χ0) is 22.7. The van der Waals surface area contributed by atoms with Crippen molar-refractivity contribution >= 4 is 0 Å². The third-order valence-electron chi connectivity index (χ3n) is 7.21. The summed E-state index contributed by atoms with van der Waals surface area (Å²) >= 11 is 0. The van der Waals surface area contributed by atoms with Gasteiger partial charge in [-0.3, -0.25) is 9.80 Å². The summed E-state index contributed by atoms with van der Waals surface area (Å²) in [5, 5.41) is 9.79.